The number of nitrogens with zero attached hydrogens (tertiary/aromatic N) is 2. The van der Waals surface area contributed by atoms with Gasteiger partial charge in [0.05, 0.1) is 5.57 Å². The number of hydrogen-bond donors (Lipinski definition) is 0. The number of hydrogen-bond acceptors (Lipinski definition) is 2. The van der Waals surface area contributed by atoms with Crippen molar-refractivity contribution >= 4 is 17.2 Å². The first-order valence-corrected chi connectivity index (χ1v) is 4.55. The Hall–Kier alpha value is -1.46. The third-order valence-electron chi connectivity index (χ3n) is 1.64. The highest BCUT2D eigenvalue weighted by Crippen LogP contribution is 2.18. The normalized spacial score (nSPS) is 10.9. The van der Waals surface area contributed by atoms with Crippen LogP contribution in [0, 0.1) is 11.3 Å². The lowest BCUT2D eigenvalue weighted by atomic mass is 10.1. The van der Waals surface area contributed by atoms with Gasteiger partial charge in [0.2, 0.25) is 0 Å². The molecule has 0 aliphatic heterocycles. The summed E-state index contributed by atoms with van der Waals surface area (Å²) in [5.41, 5.74) is 1.45. The van der Waals surface area contributed by atoms with Crippen molar-refractivity contribution in [3.8, 4) is 6.07 Å². The van der Waals surface area contributed by atoms with Crippen LogP contribution in [0.5, 0.6) is 0 Å². The molecule has 0 saturated heterocycles. The Kier molecular flexibility index (Phi) is 3.55. The minimum absolute atomic E-state index is 0.609. The molecule has 0 aliphatic rings. The van der Waals surface area contributed by atoms with Crippen molar-refractivity contribution < 1.29 is 0 Å². The van der Waals surface area contributed by atoms with E-state index in [1.54, 1.807) is 18.3 Å². The van der Waals surface area contributed by atoms with Crippen LogP contribution >= 0.6 is 11.6 Å². The highest BCUT2D eigenvalue weighted by atomic mass is 35.5. The standard InChI is InChI=1S/C11H11ClN2/c1-14(2)8-10(7-13)9-4-3-5-11(12)6-9/h3-6,8H,1-2H3. The summed E-state index contributed by atoms with van der Waals surface area (Å²) in [6.07, 6.45) is 1.77. The van der Waals surface area contributed by atoms with E-state index in [0.29, 0.717) is 10.6 Å². The zero-order valence-electron chi connectivity index (χ0n) is 8.16. The predicted octanol–water partition coefficient (Wildman–Crippen LogP) is 2.77. The molecule has 0 bridgehead atoms. The third-order valence-corrected chi connectivity index (χ3v) is 1.88. The van der Waals surface area contributed by atoms with Crippen LogP contribution in [0.25, 0.3) is 5.57 Å². The van der Waals surface area contributed by atoms with Crippen molar-refractivity contribution in [2.24, 2.45) is 0 Å². The van der Waals surface area contributed by atoms with Gasteiger partial charge in [0.25, 0.3) is 0 Å². The third kappa shape index (κ3) is 2.79. The zero-order valence-corrected chi connectivity index (χ0v) is 8.92. The molecule has 0 N–H and O–H groups in total. The Morgan fingerprint density at radius 2 is 2.21 bits per heavy atom. The van der Waals surface area contributed by atoms with E-state index in [1.165, 1.54) is 0 Å². The Morgan fingerprint density at radius 3 is 2.71 bits per heavy atom. The molecular formula is C11H11ClN2. The summed E-state index contributed by atoms with van der Waals surface area (Å²) in [5.74, 6) is 0. The summed E-state index contributed by atoms with van der Waals surface area (Å²) in [6.45, 7) is 0. The van der Waals surface area contributed by atoms with Gasteiger partial charge in [-0.05, 0) is 17.7 Å². The molecule has 0 saturated carbocycles. The van der Waals surface area contributed by atoms with Gasteiger partial charge in [0, 0.05) is 25.3 Å². The van der Waals surface area contributed by atoms with Gasteiger partial charge in [0.15, 0.2) is 0 Å². The second kappa shape index (κ2) is 4.69. The van der Waals surface area contributed by atoms with Crippen molar-refractivity contribution in [2.45, 2.75) is 0 Å². The summed E-state index contributed by atoms with van der Waals surface area (Å²) in [4.78, 5) is 1.83. The van der Waals surface area contributed by atoms with E-state index >= 15 is 0 Å². The van der Waals surface area contributed by atoms with Crippen molar-refractivity contribution in [1.82, 2.24) is 4.90 Å². The van der Waals surface area contributed by atoms with Crippen LogP contribution in [0.2, 0.25) is 5.02 Å². The molecular weight excluding hydrogens is 196 g/mol. The van der Waals surface area contributed by atoms with Crippen LogP contribution in [-0.2, 0) is 0 Å². The van der Waals surface area contributed by atoms with E-state index in [-0.39, 0.29) is 0 Å². The van der Waals surface area contributed by atoms with E-state index in [4.69, 9.17) is 16.9 Å². The Morgan fingerprint density at radius 1 is 1.50 bits per heavy atom. The molecule has 3 heteroatoms. The summed E-state index contributed by atoms with van der Waals surface area (Å²) in [6, 6.07) is 9.40. The van der Waals surface area contributed by atoms with E-state index in [2.05, 4.69) is 6.07 Å². The van der Waals surface area contributed by atoms with Crippen molar-refractivity contribution in [1.29, 1.82) is 5.26 Å². The molecule has 0 heterocycles. The molecule has 14 heavy (non-hydrogen) atoms. The average Bonchev–Trinajstić information content (AvgIpc) is 2.14. The maximum atomic E-state index is 8.93. The second-order valence-corrected chi connectivity index (χ2v) is 3.56. The first kappa shape index (κ1) is 10.6. The Bertz CT molecular complexity index is 389. The fraction of sp³-hybridized carbons (Fsp3) is 0.182. The summed E-state index contributed by atoms with van der Waals surface area (Å²) >= 11 is 5.83. The number of benzene rings is 1. The first-order chi connectivity index (χ1) is 6.63. The number of allylic oxidation sites excluding steroid dienone is 1. The first-order valence-electron chi connectivity index (χ1n) is 4.18. The smallest absolute Gasteiger partial charge is 0.101 e. The minimum Gasteiger partial charge on any atom is -0.382 e. The Labute approximate surface area is 89.0 Å². The fourth-order valence-electron chi connectivity index (χ4n) is 1.08. The quantitative estimate of drug-likeness (QED) is 0.696. The topological polar surface area (TPSA) is 27.0 Å². The van der Waals surface area contributed by atoms with Gasteiger partial charge in [-0.25, -0.2) is 0 Å². The summed E-state index contributed by atoms with van der Waals surface area (Å²) in [5, 5.41) is 9.57. The predicted molar refractivity (Wildman–Crippen MR) is 58.7 cm³/mol. The van der Waals surface area contributed by atoms with Crippen molar-refractivity contribution in [3.05, 3.63) is 41.1 Å². The second-order valence-electron chi connectivity index (χ2n) is 3.13. The van der Waals surface area contributed by atoms with Gasteiger partial charge < -0.3 is 4.90 Å². The van der Waals surface area contributed by atoms with E-state index in [1.807, 2.05) is 31.1 Å². The zero-order chi connectivity index (χ0) is 10.6. The lowest BCUT2D eigenvalue weighted by Crippen LogP contribution is -2.02. The molecule has 72 valence electrons. The molecule has 1 aromatic rings. The van der Waals surface area contributed by atoms with Crippen LogP contribution in [0.3, 0.4) is 0 Å². The van der Waals surface area contributed by atoms with Crippen LogP contribution < -0.4 is 0 Å². The molecule has 0 fully saturated rings. The van der Waals surface area contributed by atoms with Crippen LogP contribution in [0.1, 0.15) is 5.56 Å². The molecule has 1 rings (SSSR count). The number of nitriles is 1. The monoisotopic (exact) mass is 206 g/mol. The van der Waals surface area contributed by atoms with E-state index in [0.717, 1.165) is 5.56 Å². The maximum absolute atomic E-state index is 8.93. The molecule has 0 spiro atoms. The highest BCUT2D eigenvalue weighted by molar-refractivity contribution is 6.30. The molecule has 2 nitrogen and oxygen atoms in total. The van der Waals surface area contributed by atoms with Crippen molar-refractivity contribution in [2.75, 3.05) is 14.1 Å². The van der Waals surface area contributed by atoms with Gasteiger partial charge in [-0.15, -0.1) is 0 Å². The average molecular weight is 207 g/mol. The molecule has 0 aromatic heterocycles. The molecule has 1 aromatic carbocycles. The fourth-order valence-corrected chi connectivity index (χ4v) is 1.27. The molecule has 0 unspecified atom stereocenters. The van der Waals surface area contributed by atoms with E-state index < -0.39 is 0 Å². The van der Waals surface area contributed by atoms with Gasteiger partial charge in [-0.1, -0.05) is 23.7 Å². The highest BCUT2D eigenvalue weighted by Gasteiger charge is 2.00. The van der Waals surface area contributed by atoms with Crippen molar-refractivity contribution in [3.63, 3.8) is 0 Å². The van der Waals surface area contributed by atoms with Gasteiger partial charge in [-0.2, -0.15) is 5.26 Å². The maximum Gasteiger partial charge on any atom is 0.101 e. The van der Waals surface area contributed by atoms with Crippen LogP contribution in [-0.4, -0.2) is 19.0 Å². The minimum atomic E-state index is 0.609. The summed E-state index contributed by atoms with van der Waals surface area (Å²) in [7, 11) is 3.75. The van der Waals surface area contributed by atoms with E-state index in [9.17, 15) is 0 Å². The van der Waals surface area contributed by atoms with Crippen LogP contribution in [0.4, 0.5) is 0 Å². The molecule has 0 amide bonds. The Balaban J connectivity index is 3.09. The summed E-state index contributed by atoms with van der Waals surface area (Å²) < 4.78 is 0. The molecule has 0 atom stereocenters. The number of rotatable bonds is 2. The lowest BCUT2D eigenvalue weighted by molar-refractivity contribution is 0.566. The lowest BCUT2D eigenvalue weighted by Gasteiger charge is -2.06. The largest absolute Gasteiger partial charge is 0.382 e. The number of halogens is 1. The molecule has 0 aliphatic carbocycles. The van der Waals surface area contributed by atoms with Crippen LogP contribution in [0.15, 0.2) is 30.5 Å². The molecule has 0 radical (unpaired) electrons. The van der Waals surface area contributed by atoms with Gasteiger partial charge in [-0.3, -0.25) is 0 Å². The van der Waals surface area contributed by atoms with Gasteiger partial charge >= 0.3 is 0 Å². The van der Waals surface area contributed by atoms with Gasteiger partial charge in [0.1, 0.15) is 6.07 Å². The SMILES string of the molecule is CN(C)C=C(C#N)c1cccc(Cl)c1.